The summed E-state index contributed by atoms with van der Waals surface area (Å²) < 4.78 is 30.8. The number of nitrogens with one attached hydrogen (secondary N) is 1. The minimum atomic E-state index is -4.45. The first-order valence-corrected chi connectivity index (χ1v) is 36.6. The van der Waals surface area contributed by atoms with Crippen LogP contribution in [0.3, 0.4) is 0 Å². The molecule has 480 valence electrons. The minimum Gasteiger partial charge on any atom is -0.456 e. The van der Waals surface area contributed by atoms with Crippen molar-refractivity contribution >= 4 is 19.7 Å². The number of phosphoric ester groups is 1. The summed E-state index contributed by atoms with van der Waals surface area (Å²) in [6.45, 7) is 7.00. The number of unbranched alkanes of at least 4 members (excludes halogenated alkanes) is 40. The molecule has 0 aliphatic rings. The maximum atomic E-state index is 13.6. The topological polar surface area (TPSA) is 111 Å². The van der Waals surface area contributed by atoms with E-state index >= 15 is 0 Å². The fourth-order valence-corrected chi connectivity index (χ4v) is 11.0. The van der Waals surface area contributed by atoms with E-state index in [2.05, 4.69) is 74.7 Å². The summed E-state index contributed by atoms with van der Waals surface area (Å²) in [6.07, 6.45) is 79.4. The molecule has 2 N–H and O–H groups in total. The molecule has 0 aliphatic carbocycles. The van der Waals surface area contributed by atoms with Crippen molar-refractivity contribution < 1.29 is 37.3 Å². The molecular formula is C72H136N2O7P+. The van der Waals surface area contributed by atoms with E-state index in [9.17, 15) is 19.0 Å². The highest BCUT2D eigenvalue weighted by Gasteiger charge is 2.30. The molecule has 0 heterocycles. The van der Waals surface area contributed by atoms with Crippen LogP contribution in [0.2, 0.25) is 0 Å². The van der Waals surface area contributed by atoms with Gasteiger partial charge >= 0.3 is 13.8 Å². The Bertz CT molecular complexity index is 1590. The van der Waals surface area contributed by atoms with Gasteiger partial charge in [-0.25, -0.2) is 4.57 Å². The van der Waals surface area contributed by atoms with Crippen LogP contribution in [0.5, 0.6) is 0 Å². The van der Waals surface area contributed by atoms with Crippen molar-refractivity contribution in [2.24, 2.45) is 0 Å². The molecule has 0 aliphatic heterocycles. The van der Waals surface area contributed by atoms with Gasteiger partial charge in [-0.2, -0.15) is 0 Å². The Morgan fingerprint density at radius 3 is 1.12 bits per heavy atom. The molecule has 10 heteroatoms. The van der Waals surface area contributed by atoms with E-state index in [-0.39, 0.29) is 25.1 Å². The van der Waals surface area contributed by atoms with Crippen LogP contribution in [-0.2, 0) is 27.9 Å². The Kier molecular flexibility index (Phi) is 60.1. The number of nitrogens with zero attached hydrogens (tertiary/aromatic N) is 1. The molecule has 3 unspecified atom stereocenters. The number of esters is 1. The molecule has 82 heavy (non-hydrogen) atoms. The lowest BCUT2D eigenvalue weighted by atomic mass is 10.0. The van der Waals surface area contributed by atoms with Crippen LogP contribution in [0.15, 0.2) is 60.8 Å². The van der Waals surface area contributed by atoms with Crippen molar-refractivity contribution in [1.82, 2.24) is 5.32 Å². The largest absolute Gasteiger partial charge is 0.472 e. The minimum absolute atomic E-state index is 0.0395. The number of allylic oxidation sites excluding steroid dienone is 9. The number of ether oxygens (including phenoxy) is 1. The molecule has 0 rings (SSSR count). The van der Waals surface area contributed by atoms with Crippen molar-refractivity contribution in [3.63, 3.8) is 0 Å². The van der Waals surface area contributed by atoms with Gasteiger partial charge in [-0.1, -0.05) is 287 Å². The van der Waals surface area contributed by atoms with E-state index < -0.39 is 20.0 Å². The summed E-state index contributed by atoms with van der Waals surface area (Å²) in [5, 5.41) is 3.07. The van der Waals surface area contributed by atoms with E-state index in [0.29, 0.717) is 23.9 Å². The Morgan fingerprint density at radius 1 is 0.427 bits per heavy atom. The van der Waals surface area contributed by atoms with E-state index in [1.165, 1.54) is 231 Å². The standard InChI is InChI=1S/C72H135N2O7P/c1-7-10-13-16-19-22-25-28-30-32-34-35-36-37-38-39-41-43-45-47-50-53-56-59-62-65-72(76)81-70(63-60-57-54-51-48-27-24-21-18-15-12-9-3)69(68-80-82(77,78)79-67-66-74(4,5)6)73-71(75)64-61-58-55-52-49-46-44-42-40-33-31-29-26-23-20-17-14-11-8-2/h19-20,22-23,28-31,60,63,69-70H,7-18,21,24-27,32-59,61-62,64-68H2,1-6H3,(H-,73,75,77,78)/p+1/b22-19-,23-20-,30-28-,31-29-,63-60-. The summed E-state index contributed by atoms with van der Waals surface area (Å²) in [6, 6.07) is -0.851. The Morgan fingerprint density at radius 2 is 0.744 bits per heavy atom. The quantitative estimate of drug-likeness (QED) is 0.0205. The van der Waals surface area contributed by atoms with Crippen molar-refractivity contribution in [2.75, 3.05) is 40.9 Å². The van der Waals surface area contributed by atoms with Gasteiger partial charge in [-0.3, -0.25) is 18.6 Å². The third-order valence-corrected chi connectivity index (χ3v) is 16.7. The number of rotatable bonds is 64. The lowest BCUT2D eigenvalue weighted by Crippen LogP contribution is -2.47. The van der Waals surface area contributed by atoms with Gasteiger partial charge in [0.15, 0.2) is 0 Å². The summed E-state index contributed by atoms with van der Waals surface area (Å²) in [5.74, 6) is -0.498. The number of likely N-dealkylation sites (N-methyl/N-ethyl adjacent to an activating group) is 1. The molecule has 0 aromatic heterocycles. The molecule has 0 saturated heterocycles. The Hall–Kier alpha value is -2.29. The third-order valence-electron chi connectivity index (χ3n) is 15.7. The van der Waals surface area contributed by atoms with E-state index in [0.717, 1.165) is 70.6 Å². The van der Waals surface area contributed by atoms with Crippen LogP contribution < -0.4 is 5.32 Å². The maximum absolute atomic E-state index is 13.6. The molecule has 0 spiro atoms. The average Bonchev–Trinajstić information content (AvgIpc) is 3.44. The fourth-order valence-electron chi connectivity index (χ4n) is 10.2. The molecule has 0 radical (unpaired) electrons. The van der Waals surface area contributed by atoms with Gasteiger partial charge in [0.2, 0.25) is 5.91 Å². The second kappa shape index (κ2) is 61.8. The second-order valence-electron chi connectivity index (χ2n) is 25.0. The van der Waals surface area contributed by atoms with Gasteiger partial charge < -0.3 is 19.4 Å². The zero-order chi connectivity index (χ0) is 60.0. The predicted molar refractivity (Wildman–Crippen MR) is 355 cm³/mol. The number of carbonyl (C=O) groups is 2. The number of phosphoric acid groups is 1. The smallest absolute Gasteiger partial charge is 0.456 e. The molecule has 0 fully saturated rings. The maximum Gasteiger partial charge on any atom is 0.472 e. The van der Waals surface area contributed by atoms with Crippen molar-refractivity contribution in [1.29, 1.82) is 0 Å². The molecule has 0 aromatic rings. The van der Waals surface area contributed by atoms with Gasteiger partial charge in [-0.05, 0) is 96.0 Å². The zero-order valence-corrected chi connectivity index (χ0v) is 55.9. The Balaban J connectivity index is 5.06. The third kappa shape index (κ3) is 62.2. The first kappa shape index (κ1) is 79.7. The summed E-state index contributed by atoms with van der Waals surface area (Å²) >= 11 is 0. The molecular weight excluding hydrogens is 1040 g/mol. The highest BCUT2D eigenvalue weighted by atomic mass is 31.2. The lowest BCUT2D eigenvalue weighted by molar-refractivity contribution is -0.870. The van der Waals surface area contributed by atoms with Gasteiger partial charge in [0.05, 0.1) is 33.8 Å². The van der Waals surface area contributed by atoms with E-state index in [1.54, 1.807) is 0 Å². The highest BCUT2D eigenvalue weighted by molar-refractivity contribution is 7.47. The number of hydrogen-bond acceptors (Lipinski definition) is 6. The monoisotopic (exact) mass is 1170 g/mol. The molecule has 3 atom stereocenters. The summed E-state index contributed by atoms with van der Waals surface area (Å²) in [4.78, 5) is 37.9. The molecule has 1 amide bonds. The molecule has 9 nitrogen and oxygen atoms in total. The van der Waals surface area contributed by atoms with Crippen LogP contribution in [0.1, 0.15) is 335 Å². The van der Waals surface area contributed by atoms with E-state index in [4.69, 9.17) is 13.8 Å². The van der Waals surface area contributed by atoms with Crippen LogP contribution in [0.25, 0.3) is 0 Å². The Labute approximate surface area is 509 Å². The second-order valence-corrected chi connectivity index (χ2v) is 26.5. The number of carbonyl (C=O) groups excluding carboxylic acids is 2. The molecule has 0 bridgehead atoms. The molecule has 0 saturated carbocycles. The van der Waals surface area contributed by atoms with Gasteiger partial charge in [0.1, 0.15) is 19.3 Å². The van der Waals surface area contributed by atoms with Crippen LogP contribution >= 0.6 is 7.82 Å². The lowest BCUT2D eigenvalue weighted by Gasteiger charge is -2.27. The summed E-state index contributed by atoms with van der Waals surface area (Å²) in [7, 11) is 1.50. The van der Waals surface area contributed by atoms with Gasteiger partial charge in [0, 0.05) is 12.8 Å². The highest BCUT2D eigenvalue weighted by Crippen LogP contribution is 2.43. The average molecular weight is 1170 g/mol. The van der Waals surface area contributed by atoms with Crippen LogP contribution in [0, 0.1) is 0 Å². The predicted octanol–water partition coefficient (Wildman–Crippen LogP) is 22.2. The normalized spacial score (nSPS) is 13.9. The fraction of sp³-hybridized carbons (Fsp3) is 0.833. The van der Waals surface area contributed by atoms with Crippen molar-refractivity contribution in [3.8, 4) is 0 Å². The first-order chi connectivity index (χ1) is 39.9. The SMILES string of the molecule is CCCCC/C=C\C/C=C\CCCCCCCCCCCCCCCCCC(=O)OC(/C=C\CCCCCCCCCCCC)C(COP(=O)(O)OCC[N+](C)(C)C)NC(=O)CCCCCCCCCCC/C=C\C/C=C\CCCCC. The van der Waals surface area contributed by atoms with E-state index in [1.807, 2.05) is 33.3 Å². The number of quaternary nitrogens is 1. The first-order valence-electron chi connectivity index (χ1n) is 35.1. The van der Waals surface area contributed by atoms with Gasteiger partial charge in [-0.15, -0.1) is 0 Å². The molecule has 0 aromatic carbocycles. The zero-order valence-electron chi connectivity index (χ0n) is 55.0. The van der Waals surface area contributed by atoms with Crippen LogP contribution in [0.4, 0.5) is 0 Å². The number of hydrogen-bond donors (Lipinski definition) is 2. The van der Waals surface area contributed by atoms with Crippen molar-refractivity contribution in [2.45, 2.75) is 348 Å². The van der Waals surface area contributed by atoms with Gasteiger partial charge in [0.25, 0.3) is 0 Å². The number of amides is 1. The van der Waals surface area contributed by atoms with Crippen LogP contribution in [-0.4, -0.2) is 74.3 Å². The van der Waals surface area contributed by atoms with Crippen molar-refractivity contribution in [3.05, 3.63) is 60.8 Å². The summed E-state index contributed by atoms with van der Waals surface area (Å²) in [5.41, 5.74) is 0.